The van der Waals surface area contributed by atoms with Crippen molar-refractivity contribution >= 4 is 17.8 Å². The predicted octanol–water partition coefficient (Wildman–Crippen LogP) is -0.416. The van der Waals surface area contributed by atoms with Crippen LogP contribution in [0.5, 0.6) is 0 Å². The maximum absolute atomic E-state index is 12.8. The Bertz CT molecular complexity index is 476. The minimum atomic E-state index is -0.830. The van der Waals surface area contributed by atoms with Crippen molar-refractivity contribution < 1.29 is 23.5 Å². The molecular formula is C11H11FN2O4. The number of benzene rings is 1. The second-order valence-corrected chi connectivity index (χ2v) is 3.33. The van der Waals surface area contributed by atoms with Gasteiger partial charge in [-0.2, -0.15) is 0 Å². The predicted molar refractivity (Wildman–Crippen MR) is 58.9 cm³/mol. The molecule has 0 aliphatic carbocycles. The zero-order valence-corrected chi connectivity index (χ0v) is 9.31. The highest BCUT2D eigenvalue weighted by molar-refractivity contribution is 5.91. The third-order valence-corrected chi connectivity index (χ3v) is 1.85. The van der Waals surface area contributed by atoms with Crippen LogP contribution >= 0.6 is 0 Å². The molecule has 0 spiro atoms. The average Bonchev–Trinajstić information content (AvgIpc) is 2.33. The van der Waals surface area contributed by atoms with Gasteiger partial charge in [0, 0.05) is 0 Å². The maximum atomic E-state index is 12.8. The van der Waals surface area contributed by atoms with Crippen molar-refractivity contribution in [2.24, 2.45) is 5.73 Å². The van der Waals surface area contributed by atoms with E-state index < -0.39 is 30.2 Å². The number of nitrogens with two attached hydrogens (primary N) is 1. The van der Waals surface area contributed by atoms with Crippen molar-refractivity contribution in [2.75, 3.05) is 13.2 Å². The Kier molecular flexibility index (Phi) is 4.79. The smallest absolute Gasteiger partial charge is 0.338 e. The topological polar surface area (TPSA) is 98.5 Å². The van der Waals surface area contributed by atoms with Crippen LogP contribution in [0.1, 0.15) is 10.4 Å². The van der Waals surface area contributed by atoms with E-state index in [0.717, 1.165) is 6.07 Å². The summed E-state index contributed by atoms with van der Waals surface area (Å²) in [5, 5.41) is 2.14. The molecule has 0 saturated heterocycles. The molecule has 3 N–H and O–H groups in total. The molecule has 96 valence electrons. The van der Waals surface area contributed by atoms with E-state index in [2.05, 4.69) is 10.1 Å². The van der Waals surface area contributed by atoms with Gasteiger partial charge in [-0.05, 0) is 18.2 Å². The first-order chi connectivity index (χ1) is 8.49. The van der Waals surface area contributed by atoms with Crippen LogP contribution in [0.4, 0.5) is 4.39 Å². The average molecular weight is 254 g/mol. The number of hydrogen-bond donors (Lipinski definition) is 2. The number of ether oxygens (including phenoxy) is 1. The molecule has 0 aliphatic rings. The Morgan fingerprint density at radius 2 is 2.06 bits per heavy atom. The van der Waals surface area contributed by atoms with Crippen LogP contribution in [-0.4, -0.2) is 30.9 Å². The van der Waals surface area contributed by atoms with Gasteiger partial charge >= 0.3 is 5.97 Å². The number of hydrogen-bond acceptors (Lipinski definition) is 4. The summed E-state index contributed by atoms with van der Waals surface area (Å²) in [5.74, 6) is -2.79. The quantitative estimate of drug-likeness (QED) is 0.697. The van der Waals surface area contributed by atoms with Crippen LogP contribution < -0.4 is 11.1 Å². The zero-order valence-electron chi connectivity index (χ0n) is 9.31. The molecule has 1 rings (SSSR count). The van der Waals surface area contributed by atoms with Gasteiger partial charge in [-0.1, -0.05) is 6.07 Å². The molecule has 0 unspecified atom stereocenters. The first-order valence-corrected chi connectivity index (χ1v) is 4.96. The van der Waals surface area contributed by atoms with Crippen LogP contribution in [0, 0.1) is 5.82 Å². The lowest BCUT2D eigenvalue weighted by Gasteiger charge is -2.05. The maximum Gasteiger partial charge on any atom is 0.338 e. The van der Waals surface area contributed by atoms with Gasteiger partial charge in [0.15, 0.2) is 6.61 Å². The lowest BCUT2D eigenvalue weighted by molar-refractivity contribution is -0.127. The van der Waals surface area contributed by atoms with Gasteiger partial charge in [0.05, 0.1) is 12.1 Å². The van der Waals surface area contributed by atoms with Crippen LogP contribution in [-0.2, 0) is 14.3 Å². The number of carbonyl (C=O) groups excluding carboxylic acids is 3. The number of nitrogens with one attached hydrogen (secondary N) is 1. The van der Waals surface area contributed by atoms with E-state index in [0.29, 0.717) is 0 Å². The number of primary amides is 1. The Balaban J connectivity index is 2.42. The number of halogens is 1. The normalized spacial score (nSPS) is 9.61. The van der Waals surface area contributed by atoms with Gasteiger partial charge in [0.25, 0.3) is 5.91 Å². The summed E-state index contributed by atoms with van der Waals surface area (Å²) in [4.78, 5) is 32.8. The Hall–Kier alpha value is -2.44. The van der Waals surface area contributed by atoms with Crippen molar-refractivity contribution in [1.82, 2.24) is 5.32 Å². The van der Waals surface area contributed by atoms with Gasteiger partial charge in [0.1, 0.15) is 5.82 Å². The first kappa shape index (κ1) is 13.6. The second kappa shape index (κ2) is 6.33. The summed E-state index contributed by atoms with van der Waals surface area (Å²) in [6, 6.07) is 4.87. The fraction of sp³-hybridized carbons (Fsp3) is 0.182. The molecule has 7 heteroatoms. The van der Waals surface area contributed by atoms with E-state index in [1.54, 1.807) is 0 Å². The molecule has 0 heterocycles. The van der Waals surface area contributed by atoms with E-state index in [1.165, 1.54) is 18.2 Å². The molecule has 0 bridgehead atoms. The summed E-state index contributed by atoms with van der Waals surface area (Å²) < 4.78 is 17.4. The summed E-state index contributed by atoms with van der Waals surface area (Å²) in [6.07, 6.45) is 0. The van der Waals surface area contributed by atoms with E-state index in [9.17, 15) is 18.8 Å². The Labute approximate surface area is 102 Å². The van der Waals surface area contributed by atoms with Crippen LogP contribution in [0.15, 0.2) is 24.3 Å². The van der Waals surface area contributed by atoms with Crippen molar-refractivity contribution in [3.05, 3.63) is 35.6 Å². The Morgan fingerprint density at radius 1 is 1.33 bits per heavy atom. The van der Waals surface area contributed by atoms with Gasteiger partial charge in [-0.25, -0.2) is 9.18 Å². The van der Waals surface area contributed by atoms with E-state index >= 15 is 0 Å². The molecule has 0 aromatic heterocycles. The van der Waals surface area contributed by atoms with E-state index in [1.807, 2.05) is 0 Å². The lowest BCUT2D eigenvalue weighted by atomic mass is 10.2. The SMILES string of the molecule is NC(=O)CNC(=O)COC(=O)c1cccc(F)c1. The van der Waals surface area contributed by atoms with Crippen molar-refractivity contribution in [1.29, 1.82) is 0 Å². The van der Waals surface area contributed by atoms with Crippen LogP contribution in [0.3, 0.4) is 0 Å². The first-order valence-electron chi connectivity index (χ1n) is 4.96. The largest absolute Gasteiger partial charge is 0.452 e. The van der Waals surface area contributed by atoms with Crippen LogP contribution in [0.25, 0.3) is 0 Å². The minimum absolute atomic E-state index is 0.00213. The van der Waals surface area contributed by atoms with Crippen molar-refractivity contribution in [3.63, 3.8) is 0 Å². The summed E-state index contributed by atoms with van der Waals surface area (Å²) in [7, 11) is 0. The molecule has 0 atom stereocenters. The van der Waals surface area contributed by atoms with E-state index in [-0.39, 0.29) is 12.1 Å². The highest BCUT2D eigenvalue weighted by Gasteiger charge is 2.10. The molecule has 1 aromatic rings. The standard InChI is InChI=1S/C11H11FN2O4/c12-8-3-1-2-7(4-8)11(17)18-6-10(16)14-5-9(13)15/h1-4H,5-6H2,(H2,13,15)(H,14,16). The highest BCUT2D eigenvalue weighted by atomic mass is 19.1. The number of esters is 1. The molecule has 0 saturated carbocycles. The summed E-state index contributed by atoms with van der Waals surface area (Å²) in [6.45, 7) is -0.904. The molecule has 2 amide bonds. The van der Waals surface area contributed by atoms with Crippen LogP contribution in [0.2, 0.25) is 0 Å². The van der Waals surface area contributed by atoms with E-state index in [4.69, 9.17) is 5.73 Å². The van der Waals surface area contributed by atoms with Gasteiger partial charge in [-0.3, -0.25) is 9.59 Å². The molecular weight excluding hydrogens is 243 g/mol. The van der Waals surface area contributed by atoms with Crippen molar-refractivity contribution in [3.8, 4) is 0 Å². The molecule has 18 heavy (non-hydrogen) atoms. The molecule has 0 radical (unpaired) electrons. The van der Waals surface area contributed by atoms with Gasteiger partial charge < -0.3 is 15.8 Å². The summed E-state index contributed by atoms with van der Waals surface area (Å²) >= 11 is 0. The third-order valence-electron chi connectivity index (χ3n) is 1.85. The fourth-order valence-electron chi connectivity index (χ4n) is 1.07. The number of carbonyl (C=O) groups is 3. The monoisotopic (exact) mass is 254 g/mol. The highest BCUT2D eigenvalue weighted by Crippen LogP contribution is 2.04. The fourth-order valence-corrected chi connectivity index (χ4v) is 1.07. The molecule has 0 fully saturated rings. The Morgan fingerprint density at radius 3 is 2.67 bits per heavy atom. The van der Waals surface area contributed by atoms with Crippen molar-refractivity contribution in [2.45, 2.75) is 0 Å². The lowest BCUT2D eigenvalue weighted by Crippen LogP contribution is -2.35. The number of amides is 2. The second-order valence-electron chi connectivity index (χ2n) is 3.33. The minimum Gasteiger partial charge on any atom is -0.452 e. The molecule has 6 nitrogen and oxygen atoms in total. The number of rotatable bonds is 5. The zero-order chi connectivity index (χ0) is 13.5. The van der Waals surface area contributed by atoms with Gasteiger partial charge in [0.2, 0.25) is 5.91 Å². The summed E-state index contributed by atoms with van der Waals surface area (Å²) in [5.41, 5.74) is 4.80. The van der Waals surface area contributed by atoms with Gasteiger partial charge in [-0.15, -0.1) is 0 Å². The molecule has 0 aliphatic heterocycles. The molecule has 1 aromatic carbocycles. The third kappa shape index (κ3) is 4.60.